The highest BCUT2D eigenvalue weighted by molar-refractivity contribution is 5.79. The zero-order chi connectivity index (χ0) is 28.9. The van der Waals surface area contributed by atoms with E-state index < -0.39 is 6.18 Å². The second kappa shape index (κ2) is 20.7. The van der Waals surface area contributed by atoms with Crippen LogP contribution in [0.4, 0.5) is 13.2 Å². The van der Waals surface area contributed by atoms with E-state index in [1.807, 2.05) is 32.6 Å². The standard InChI is InChI=1S/C21H34N4O.C4H5F3.2C2H6/c1-4-25-16-18(10-13-24-20(25)23)21(14-17(2)15-22)11-6-5-8-19(26-3)9-7-12-21;1-2-3-4(5,6)7;2*1-2/h5,7-8,12,15-17,19,22H,4,6,9-11,13-14H2,1-3H3,(H2,23,24);2-3H,1H3;2*1-2H3/b8-5+,12-7+,22-15?;3-2+;;. The number of ether oxygens (including phenoxy) is 1. The molecule has 0 bridgehead atoms. The summed E-state index contributed by atoms with van der Waals surface area (Å²) in [5.41, 5.74) is 7.42. The number of nitrogens with two attached hydrogens (primary N) is 1. The van der Waals surface area contributed by atoms with Crippen molar-refractivity contribution in [1.82, 2.24) is 4.90 Å². The number of hydrogen-bond donors (Lipinski definition) is 2. The first kappa shape index (κ1) is 36.8. The maximum absolute atomic E-state index is 11.0. The monoisotopic (exact) mass is 528 g/mol. The van der Waals surface area contributed by atoms with Gasteiger partial charge >= 0.3 is 6.18 Å². The molecule has 8 heteroatoms. The lowest BCUT2D eigenvalue weighted by atomic mass is 9.69. The molecule has 0 fully saturated rings. The fourth-order valence-corrected chi connectivity index (χ4v) is 4.08. The highest BCUT2D eigenvalue weighted by Crippen LogP contribution is 2.43. The average Bonchev–Trinajstić information content (AvgIpc) is 3.01. The highest BCUT2D eigenvalue weighted by Gasteiger charge is 2.34. The van der Waals surface area contributed by atoms with Gasteiger partial charge in [-0.05, 0) is 63.7 Å². The van der Waals surface area contributed by atoms with Gasteiger partial charge in [-0.3, -0.25) is 4.99 Å². The molecule has 0 aromatic carbocycles. The molecule has 3 atom stereocenters. The molecule has 1 aliphatic carbocycles. The van der Waals surface area contributed by atoms with Gasteiger partial charge in [0.2, 0.25) is 0 Å². The van der Waals surface area contributed by atoms with E-state index in [1.165, 1.54) is 12.5 Å². The minimum atomic E-state index is -4.13. The maximum Gasteiger partial charge on any atom is 0.409 e. The summed E-state index contributed by atoms with van der Waals surface area (Å²) in [5, 5.41) is 7.73. The van der Waals surface area contributed by atoms with Gasteiger partial charge in [0.15, 0.2) is 5.96 Å². The van der Waals surface area contributed by atoms with Crippen LogP contribution >= 0.6 is 0 Å². The van der Waals surface area contributed by atoms with Gasteiger partial charge < -0.3 is 20.8 Å². The quantitative estimate of drug-likeness (QED) is 0.270. The number of rotatable bonds is 6. The molecular weight excluding hydrogens is 477 g/mol. The third-order valence-corrected chi connectivity index (χ3v) is 5.78. The smallest absolute Gasteiger partial charge is 0.377 e. The molecule has 0 saturated carbocycles. The zero-order valence-electron chi connectivity index (χ0n) is 24.2. The minimum absolute atomic E-state index is 0.0719. The van der Waals surface area contributed by atoms with Crippen molar-refractivity contribution < 1.29 is 17.9 Å². The fraction of sp³-hybridized carbons (Fsp3) is 0.655. The van der Waals surface area contributed by atoms with Crippen LogP contribution in [-0.2, 0) is 4.74 Å². The van der Waals surface area contributed by atoms with Crippen molar-refractivity contribution in [3.8, 4) is 0 Å². The van der Waals surface area contributed by atoms with Gasteiger partial charge in [0.05, 0.1) is 6.10 Å². The Bertz CT molecular complexity index is 757. The number of nitrogens with zero attached hydrogens (tertiary/aromatic N) is 2. The van der Waals surface area contributed by atoms with Crippen molar-refractivity contribution in [2.24, 2.45) is 22.1 Å². The van der Waals surface area contributed by atoms with Crippen molar-refractivity contribution in [3.05, 3.63) is 48.2 Å². The van der Waals surface area contributed by atoms with E-state index in [4.69, 9.17) is 15.9 Å². The number of hydrogen-bond acceptors (Lipinski definition) is 5. The Kier molecular flexibility index (Phi) is 20.6. The second-order valence-corrected chi connectivity index (χ2v) is 8.36. The van der Waals surface area contributed by atoms with Gasteiger partial charge in [0.1, 0.15) is 0 Å². The van der Waals surface area contributed by atoms with Crippen molar-refractivity contribution in [3.63, 3.8) is 0 Å². The molecule has 1 aliphatic heterocycles. The molecule has 0 spiro atoms. The number of guanidine groups is 1. The van der Waals surface area contributed by atoms with Crippen LogP contribution in [0.5, 0.6) is 0 Å². The molecule has 3 N–H and O–H groups in total. The van der Waals surface area contributed by atoms with Crippen LogP contribution in [0, 0.1) is 16.7 Å². The van der Waals surface area contributed by atoms with Crippen LogP contribution in [0.1, 0.15) is 80.6 Å². The van der Waals surface area contributed by atoms with Gasteiger partial charge in [-0.2, -0.15) is 13.2 Å². The van der Waals surface area contributed by atoms with Crippen molar-refractivity contribution >= 4 is 12.2 Å². The molecule has 3 unspecified atom stereocenters. The Morgan fingerprint density at radius 2 is 1.92 bits per heavy atom. The molecule has 0 aromatic rings. The molecular formula is C29H51F3N4O. The molecule has 0 aromatic heterocycles. The Balaban J connectivity index is 0. The zero-order valence-corrected chi connectivity index (χ0v) is 24.2. The van der Waals surface area contributed by atoms with E-state index >= 15 is 0 Å². The van der Waals surface area contributed by atoms with E-state index in [2.05, 4.69) is 49.3 Å². The summed E-state index contributed by atoms with van der Waals surface area (Å²) < 4.78 is 38.4. The molecule has 214 valence electrons. The van der Waals surface area contributed by atoms with E-state index in [-0.39, 0.29) is 23.5 Å². The van der Waals surface area contributed by atoms with Gasteiger partial charge in [-0.15, -0.1) is 0 Å². The summed E-state index contributed by atoms with van der Waals surface area (Å²) in [6, 6.07) is 0. The van der Waals surface area contributed by atoms with Gasteiger partial charge in [-0.25, -0.2) is 0 Å². The highest BCUT2D eigenvalue weighted by atomic mass is 19.4. The summed E-state index contributed by atoms with van der Waals surface area (Å²) in [7, 11) is 1.76. The van der Waals surface area contributed by atoms with Crippen molar-refractivity contribution in [2.45, 2.75) is 92.9 Å². The Labute approximate surface area is 223 Å². The summed E-state index contributed by atoms with van der Waals surface area (Å²) in [6.45, 7) is 15.1. The first-order chi connectivity index (χ1) is 17.6. The normalized spacial score (nSPS) is 24.4. The second-order valence-electron chi connectivity index (χ2n) is 8.36. The number of aliphatic imine (C=N–C) groups is 1. The third-order valence-electron chi connectivity index (χ3n) is 5.78. The summed E-state index contributed by atoms with van der Waals surface area (Å²) in [5.74, 6) is 0.823. The predicted molar refractivity (Wildman–Crippen MR) is 153 cm³/mol. The Hall–Kier alpha value is -2.35. The number of nitrogens with one attached hydrogen (secondary N) is 1. The average molecular weight is 529 g/mol. The Morgan fingerprint density at radius 3 is 2.41 bits per heavy atom. The number of alkyl halides is 3. The van der Waals surface area contributed by atoms with Crippen LogP contribution in [0.15, 0.2) is 53.2 Å². The lowest BCUT2D eigenvalue weighted by Gasteiger charge is -2.36. The van der Waals surface area contributed by atoms with Crippen LogP contribution in [0.3, 0.4) is 0 Å². The molecule has 0 saturated heterocycles. The van der Waals surface area contributed by atoms with Crippen LogP contribution < -0.4 is 5.73 Å². The third kappa shape index (κ3) is 14.8. The van der Waals surface area contributed by atoms with E-state index in [0.717, 1.165) is 51.3 Å². The largest absolute Gasteiger partial charge is 0.409 e. The molecule has 2 rings (SSSR count). The molecule has 1 heterocycles. The molecule has 0 amide bonds. The van der Waals surface area contributed by atoms with Crippen molar-refractivity contribution in [1.29, 1.82) is 5.41 Å². The van der Waals surface area contributed by atoms with E-state index in [0.29, 0.717) is 5.96 Å². The van der Waals surface area contributed by atoms with Gasteiger partial charge in [0.25, 0.3) is 0 Å². The van der Waals surface area contributed by atoms with E-state index in [9.17, 15) is 13.2 Å². The van der Waals surface area contributed by atoms with Gasteiger partial charge in [0, 0.05) is 37.9 Å². The number of allylic oxidation sites excluding steroid dienone is 4. The first-order valence-electron chi connectivity index (χ1n) is 13.5. The number of methoxy groups -OCH3 is 1. The van der Waals surface area contributed by atoms with Crippen molar-refractivity contribution in [2.75, 3.05) is 20.2 Å². The van der Waals surface area contributed by atoms with Crippen LogP contribution in [0.25, 0.3) is 0 Å². The number of halogens is 3. The lowest BCUT2D eigenvalue weighted by Crippen LogP contribution is -2.33. The predicted octanol–water partition coefficient (Wildman–Crippen LogP) is 8.06. The fourth-order valence-electron chi connectivity index (χ4n) is 4.08. The summed E-state index contributed by atoms with van der Waals surface area (Å²) >= 11 is 0. The topological polar surface area (TPSA) is 74.7 Å². The molecule has 2 aliphatic rings. The lowest BCUT2D eigenvalue weighted by molar-refractivity contribution is -0.0799. The minimum Gasteiger partial charge on any atom is -0.377 e. The SMILES string of the molecule is C/C=C/C(F)(F)F.CC.CC.CCN1C=C(C2(CC(C)C=N)/C=C/CC(OC)/C=C/CC2)CCN=C1N. The first-order valence-corrected chi connectivity index (χ1v) is 13.5. The van der Waals surface area contributed by atoms with Crippen LogP contribution in [0.2, 0.25) is 0 Å². The molecule has 37 heavy (non-hydrogen) atoms. The molecule has 0 radical (unpaired) electrons. The van der Waals surface area contributed by atoms with Gasteiger partial charge in [-0.1, -0.05) is 65.0 Å². The summed E-state index contributed by atoms with van der Waals surface area (Å²) in [4.78, 5) is 6.55. The maximum atomic E-state index is 11.0. The van der Waals surface area contributed by atoms with E-state index in [1.54, 1.807) is 13.3 Å². The Morgan fingerprint density at radius 1 is 1.27 bits per heavy atom. The summed E-state index contributed by atoms with van der Waals surface area (Å²) in [6.07, 6.45) is 14.7. The molecule has 5 nitrogen and oxygen atoms in total. The van der Waals surface area contributed by atoms with Crippen LogP contribution in [-0.4, -0.2) is 49.6 Å².